The highest BCUT2D eigenvalue weighted by Crippen LogP contribution is 2.28. The number of nitrogen functional groups attached to an aromatic ring is 1. The fraction of sp³-hybridized carbons (Fsp3) is 0.111. The summed E-state index contributed by atoms with van der Waals surface area (Å²) < 4.78 is 1.71. The van der Waals surface area contributed by atoms with Gasteiger partial charge in [0.15, 0.2) is 5.82 Å². The molecular formula is C9H8N6S. The van der Waals surface area contributed by atoms with Crippen molar-refractivity contribution in [1.82, 2.24) is 24.8 Å². The average molecular weight is 232 g/mol. The highest BCUT2D eigenvalue weighted by atomic mass is 32.1. The molecule has 0 saturated carbocycles. The first kappa shape index (κ1) is 9.22. The molecule has 0 aliphatic heterocycles. The van der Waals surface area contributed by atoms with Crippen LogP contribution in [0.2, 0.25) is 0 Å². The van der Waals surface area contributed by atoms with Crippen molar-refractivity contribution in [2.45, 2.75) is 6.92 Å². The highest BCUT2D eigenvalue weighted by molar-refractivity contribution is 7.19. The van der Waals surface area contributed by atoms with Gasteiger partial charge in [-0.25, -0.2) is 0 Å². The molecular weight excluding hydrogens is 224 g/mol. The van der Waals surface area contributed by atoms with E-state index in [1.165, 1.54) is 11.3 Å². The number of rotatable bonds is 1. The van der Waals surface area contributed by atoms with E-state index in [2.05, 4.69) is 20.3 Å². The summed E-state index contributed by atoms with van der Waals surface area (Å²) in [6.45, 7) is 1.86. The number of aromatic nitrogens is 5. The van der Waals surface area contributed by atoms with Crippen LogP contribution in [0, 0.1) is 6.92 Å². The number of pyridine rings is 1. The van der Waals surface area contributed by atoms with Crippen LogP contribution in [0.3, 0.4) is 0 Å². The summed E-state index contributed by atoms with van der Waals surface area (Å²) in [5.41, 5.74) is 7.34. The second-order valence-electron chi connectivity index (χ2n) is 3.31. The van der Waals surface area contributed by atoms with Gasteiger partial charge in [0, 0.05) is 11.8 Å². The highest BCUT2D eigenvalue weighted by Gasteiger charge is 2.11. The minimum atomic E-state index is 0.616. The molecule has 0 aliphatic carbocycles. The van der Waals surface area contributed by atoms with Crippen LogP contribution < -0.4 is 5.73 Å². The third-order valence-corrected chi connectivity index (χ3v) is 3.16. The van der Waals surface area contributed by atoms with Crippen molar-refractivity contribution in [2.75, 3.05) is 5.73 Å². The topological polar surface area (TPSA) is 82.0 Å². The van der Waals surface area contributed by atoms with Gasteiger partial charge >= 0.3 is 0 Å². The van der Waals surface area contributed by atoms with Crippen molar-refractivity contribution in [3.05, 3.63) is 24.3 Å². The maximum absolute atomic E-state index is 5.84. The minimum Gasteiger partial charge on any atom is -0.397 e. The van der Waals surface area contributed by atoms with Gasteiger partial charge in [-0.1, -0.05) is 11.3 Å². The normalized spacial score (nSPS) is 11.1. The van der Waals surface area contributed by atoms with Crippen LogP contribution in [0.1, 0.15) is 5.82 Å². The lowest BCUT2D eigenvalue weighted by molar-refractivity contribution is 0.898. The molecule has 0 spiro atoms. The van der Waals surface area contributed by atoms with Crippen LogP contribution in [0.25, 0.3) is 15.5 Å². The minimum absolute atomic E-state index is 0.616. The SMILES string of the molecule is Cc1nnc2sc(-c3ccncc3N)nn12. The third kappa shape index (κ3) is 1.25. The molecule has 0 unspecified atom stereocenters. The summed E-state index contributed by atoms with van der Waals surface area (Å²) in [6.07, 6.45) is 3.31. The predicted octanol–water partition coefficient (Wildman–Crippen LogP) is 1.14. The van der Waals surface area contributed by atoms with Gasteiger partial charge in [-0.15, -0.1) is 10.2 Å². The molecule has 3 heterocycles. The second-order valence-corrected chi connectivity index (χ2v) is 4.27. The van der Waals surface area contributed by atoms with E-state index >= 15 is 0 Å². The van der Waals surface area contributed by atoms with Gasteiger partial charge in [-0.3, -0.25) is 4.98 Å². The first-order chi connectivity index (χ1) is 7.75. The molecule has 0 amide bonds. The largest absolute Gasteiger partial charge is 0.397 e. The lowest BCUT2D eigenvalue weighted by atomic mass is 10.2. The van der Waals surface area contributed by atoms with E-state index in [0.717, 1.165) is 21.4 Å². The number of nitrogens with two attached hydrogens (primary N) is 1. The third-order valence-electron chi connectivity index (χ3n) is 2.23. The summed E-state index contributed by atoms with van der Waals surface area (Å²) in [7, 11) is 0. The molecule has 2 N–H and O–H groups in total. The van der Waals surface area contributed by atoms with Crippen molar-refractivity contribution < 1.29 is 0 Å². The van der Waals surface area contributed by atoms with E-state index in [-0.39, 0.29) is 0 Å². The van der Waals surface area contributed by atoms with E-state index in [4.69, 9.17) is 5.73 Å². The van der Waals surface area contributed by atoms with Crippen molar-refractivity contribution in [3.63, 3.8) is 0 Å². The van der Waals surface area contributed by atoms with Crippen molar-refractivity contribution in [2.24, 2.45) is 0 Å². The Morgan fingerprint density at radius 1 is 1.38 bits per heavy atom. The van der Waals surface area contributed by atoms with Gasteiger partial charge in [0.1, 0.15) is 5.01 Å². The molecule has 0 saturated heterocycles. The van der Waals surface area contributed by atoms with Crippen LogP contribution in [0.15, 0.2) is 18.5 Å². The smallest absolute Gasteiger partial charge is 0.234 e. The maximum Gasteiger partial charge on any atom is 0.234 e. The number of hydrogen-bond donors (Lipinski definition) is 1. The Hall–Kier alpha value is -2.02. The van der Waals surface area contributed by atoms with Gasteiger partial charge in [0.05, 0.1) is 11.9 Å². The van der Waals surface area contributed by atoms with E-state index < -0.39 is 0 Å². The number of aryl methyl sites for hydroxylation is 1. The molecule has 6 nitrogen and oxygen atoms in total. The van der Waals surface area contributed by atoms with Crippen molar-refractivity contribution in [1.29, 1.82) is 0 Å². The fourth-order valence-electron chi connectivity index (χ4n) is 1.43. The lowest BCUT2D eigenvalue weighted by Gasteiger charge is -1.98. The molecule has 3 aromatic rings. The Morgan fingerprint density at radius 2 is 2.25 bits per heavy atom. The van der Waals surface area contributed by atoms with Crippen LogP contribution in [-0.2, 0) is 0 Å². The van der Waals surface area contributed by atoms with E-state index in [9.17, 15) is 0 Å². The number of fused-ring (bicyclic) bond motifs is 1. The molecule has 0 bridgehead atoms. The Labute approximate surface area is 94.8 Å². The zero-order valence-corrected chi connectivity index (χ0v) is 9.27. The quantitative estimate of drug-likeness (QED) is 0.680. The Morgan fingerprint density at radius 3 is 3.00 bits per heavy atom. The number of nitrogens with zero attached hydrogens (tertiary/aromatic N) is 5. The molecule has 0 atom stereocenters. The number of anilines is 1. The monoisotopic (exact) mass is 232 g/mol. The van der Waals surface area contributed by atoms with E-state index in [1.54, 1.807) is 16.9 Å². The van der Waals surface area contributed by atoms with Crippen LogP contribution in [0.4, 0.5) is 5.69 Å². The summed E-state index contributed by atoms with van der Waals surface area (Å²) in [5.74, 6) is 0.769. The van der Waals surface area contributed by atoms with E-state index in [0.29, 0.717) is 5.69 Å². The molecule has 0 aromatic carbocycles. The van der Waals surface area contributed by atoms with Crippen LogP contribution in [0.5, 0.6) is 0 Å². The summed E-state index contributed by atoms with van der Waals surface area (Å²) in [5, 5.41) is 13.2. The van der Waals surface area contributed by atoms with Crippen LogP contribution in [-0.4, -0.2) is 24.8 Å². The average Bonchev–Trinajstić information content (AvgIpc) is 2.82. The second kappa shape index (κ2) is 3.24. The van der Waals surface area contributed by atoms with E-state index in [1.807, 2.05) is 13.0 Å². The summed E-state index contributed by atoms with van der Waals surface area (Å²) in [6, 6.07) is 1.84. The first-order valence-electron chi connectivity index (χ1n) is 4.64. The maximum atomic E-state index is 5.84. The zero-order chi connectivity index (χ0) is 11.1. The molecule has 16 heavy (non-hydrogen) atoms. The zero-order valence-electron chi connectivity index (χ0n) is 8.45. The van der Waals surface area contributed by atoms with Crippen molar-refractivity contribution in [3.8, 4) is 10.6 Å². The molecule has 0 aliphatic rings. The molecule has 0 fully saturated rings. The number of hydrogen-bond acceptors (Lipinski definition) is 6. The molecule has 0 radical (unpaired) electrons. The van der Waals surface area contributed by atoms with Crippen LogP contribution >= 0.6 is 11.3 Å². The standard InChI is InChI=1S/C9H8N6S/c1-5-12-13-9-15(5)14-8(16-9)6-2-3-11-4-7(6)10/h2-4H,10H2,1H3. The van der Waals surface area contributed by atoms with Gasteiger partial charge in [0.2, 0.25) is 4.96 Å². The lowest BCUT2D eigenvalue weighted by Crippen LogP contribution is -1.92. The van der Waals surface area contributed by atoms with Gasteiger partial charge in [-0.05, 0) is 13.0 Å². The molecule has 3 aromatic heterocycles. The summed E-state index contributed by atoms with van der Waals surface area (Å²) in [4.78, 5) is 4.71. The van der Waals surface area contributed by atoms with Gasteiger partial charge < -0.3 is 5.73 Å². The Balaban J connectivity index is 2.23. The molecule has 7 heteroatoms. The summed E-state index contributed by atoms with van der Waals surface area (Å²) >= 11 is 1.46. The van der Waals surface area contributed by atoms with Gasteiger partial charge in [0.25, 0.3) is 0 Å². The van der Waals surface area contributed by atoms with Crippen molar-refractivity contribution >= 4 is 22.0 Å². The molecule has 80 valence electrons. The fourth-order valence-corrected chi connectivity index (χ4v) is 2.36. The Bertz CT molecular complexity index is 655. The molecule has 3 rings (SSSR count). The first-order valence-corrected chi connectivity index (χ1v) is 5.46. The predicted molar refractivity (Wildman–Crippen MR) is 61.0 cm³/mol. The Kier molecular flexibility index (Phi) is 1.87. The van der Waals surface area contributed by atoms with Gasteiger partial charge in [-0.2, -0.15) is 9.61 Å².